The van der Waals surface area contributed by atoms with Crippen LogP contribution in [0.4, 0.5) is 0 Å². The summed E-state index contributed by atoms with van der Waals surface area (Å²) in [6, 6.07) is 15.6. The molecule has 0 spiro atoms. The minimum Gasteiger partial charge on any atom is -0.368 e. The van der Waals surface area contributed by atoms with E-state index in [1.54, 1.807) is 11.4 Å². The summed E-state index contributed by atoms with van der Waals surface area (Å²) in [5.74, 6) is -0.812. The van der Waals surface area contributed by atoms with Crippen LogP contribution in [0.1, 0.15) is 49.6 Å². The zero-order valence-electron chi connectivity index (χ0n) is 21.0. The number of carbonyl (C=O) groups excluding carboxylic acids is 2. The summed E-state index contributed by atoms with van der Waals surface area (Å²) in [7, 11) is 0. The van der Waals surface area contributed by atoms with Crippen molar-refractivity contribution < 1.29 is 14.4 Å². The zero-order valence-corrected chi connectivity index (χ0v) is 21.0. The molecule has 0 aliphatic rings. The molecular weight excluding hydrogens is 472 g/mol. The lowest BCUT2D eigenvalue weighted by molar-refractivity contribution is -0.140. The first-order valence-electron chi connectivity index (χ1n) is 11.9. The summed E-state index contributed by atoms with van der Waals surface area (Å²) < 4.78 is 2.90. The summed E-state index contributed by atoms with van der Waals surface area (Å²) in [6.45, 7) is 4.84. The largest absolute Gasteiger partial charge is 0.368 e. The molecular formula is C27H28N6O4. The third-order valence-corrected chi connectivity index (χ3v) is 5.95. The van der Waals surface area contributed by atoms with E-state index in [1.807, 2.05) is 55.5 Å². The van der Waals surface area contributed by atoms with Crippen LogP contribution in [-0.2, 0) is 33.8 Å². The Labute approximate surface area is 213 Å². The minimum atomic E-state index is -0.628. The molecule has 0 bridgehead atoms. The SMILES string of the molecule is CCCc1c(Cc2ccc(-c3ccccc3/C(C)=N/OC(C)=O)cc2)c(=O)n(CC(N)=O)c2ncnn12. The van der Waals surface area contributed by atoms with Gasteiger partial charge in [0.15, 0.2) is 0 Å². The molecule has 0 saturated carbocycles. The lowest BCUT2D eigenvalue weighted by Gasteiger charge is -2.15. The second-order valence-corrected chi connectivity index (χ2v) is 8.68. The van der Waals surface area contributed by atoms with Crippen LogP contribution in [0.15, 0.2) is 64.8 Å². The number of hydrogen-bond acceptors (Lipinski definition) is 7. The van der Waals surface area contributed by atoms with Crippen molar-refractivity contribution in [2.45, 2.75) is 46.6 Å². The van der Waals surface area contributed by atoms with Crippen LogP contribution in [0.5, 0.6) is 0 Å². The van der Waals surface area contributed by atoms with Crippen molar-refractivity contribution in [3.05, 3.63) is 87.6 Å². The zero-order chi connectivity index (χ0) is 26.5. The Morgan fingerprint density at radius 1 is 1.08 bits per heavy atom. The number of aromatic nitrogens is 4. The van der Waals surface area contributed by atoms with E-state index in [4.69, 9.17) is 10.6 Å². The number of fused-ring (bicyclic) bond motifs is 1. The smallest absolute Gasteiger partial charge is 0.331 e. The highest BCUT2D eigenvalue weighted by atomic mass is 16.7. The Morgan fingerprint density at radius 2 is 1.81 bits per heavy atom. The van der Waals surface area contributed by atoms with Gasteiger partial charge in [-0.2, -0.15) is 10.1 Å². The van der Waals surface area contributed by atoms with Gasteiger partial charge in [0.05, 0.1) is 11.4 Å². The van der Waals surface area contributed by atoms with E-state index in [9.17, 15) is 14.4 Å². The summed E-state index contributed by atoms with van der Waals surface area (Å²) in [4.78, 5) is 45.3. The Hall–Kier alpha value is -4.60. The van der Waals surface area contributed by atoms with Crippen LogP contribution in [0.25, 0.3) is 16.9 Å². The van der Waals surface area contributed by atoms with Crippen molar-refractivity contribution in [3.63, 3.8) is 0 Å². The molecule has 0 radical (unpaired) electrons. The molecule has 4 rings (SSSR count). The van der Waals surface area contributed by atoms with Crippen molar-refractivity contribution >= 4 is 23.4 Å². The first-order chi connectivity index (χ1) is 17.8. The Balaban J connectivity index is 1.72. The van der Waals surface area contributed by atoms with Crippen LogP contribution in [0, 0.1) is 0 Å². The van der Waals surface area contributed by atoms with Gasteiger partial charge in [-0.25, -0.2) is 9.31 Å². The third kappa shape index (κ3) is 5.48. The third-order valence-electron chi connectivity index (χ3n) is 5.95. The van der Waals surface area contributed by atoms with Gasteiger partial charge in [-0.15, -0.1) is 0 Å². The molecule has 0 atom stereocenters. The van der Waals surface area contributed by atoms with Crippen LogP contribution in [0.3, 0.4) is 0 Å². The molecule has 10 nitrogen and oxygen atoms in total. The maximum atomic E-state index is 13.5. The van der Waals surface area contributed by atoms with Gasteiger partial charge in [-0.05, 0) is 30.0 Å². The van der Waals surface area contributed by atoms with Crippen LogP contribution in [0.2, 0.25) is 0 Å². The molecule has 1 amide bonds. The summed E-state index contributed by atoms with van der Waals surface area (Å²) in [5.41, 5.74) is 10.7. The second-order valence-electron chi connectivity index (χ2n) is 8.68. The van der Waals surface area contributed by atoms with Crippen molar-refractivity contribution in [1.29, 1.82) is 0 Å². The normalized spacial score (nSPS) is 11.6. The number of nitrogens with two attached hydrogens (primary N) is 1. The maximum absolute atomic E-state index is 13.5. The maximum Gasteiger partial charge on any atom is 0.331 e. The first-order valence-corrected chi connectivity index (χ1v) is 11.9. The molecule has 0 aliphatic carbocycles. The van der Waals surface area contributed by atoms with Crippen LogP contribution in [-0.4, -0.2) is 36.8 Å². The van der Waals surface area contributed by atoms with Gasteiger partial charge >= 0.3 is 5.97 Å². The predicted octanol–water partition coefficient (Wildman–Crippen LogP) is 2.87. The number of rotatable bonds is 9. The quantitative estimate of drug-likeness (QED) is 0.213. The van der Waals surface area contributed by atoms with E-state index in [1.165, 1.54) is 17.8 Å². The number of oxime groups is 1. The van der Waals surface area contributed by atoms with Gasteiger partial charge in [-0.1, -0.05) is 67.0 Å². The molecule has 2 aromatic heterocycles. The van der Waals surface area contributed by atoms with E-state index in [0.717, 1.165) is 34.4 Å². The Kier molecular flexibility index (Phi) is 7.57. The van der Waals surface area contributed by atoms with Crippen molar-refractivity contribution in [3.8, 4) is 11.1 Å². The molecule has 0 fully saturated rings. The fourth-order valence-corrected chi connectivity index (χ4v) is 4.32. The molecule has 37 heavy (non-hydrogen) atoms. The highest BCUT2D eigenvalue weighted by Crippen LogP contribution is 2.26. The molecule has 0 aliphatic heterocycles. The first kappa shape index (κ1) is 25.5. The highest BCUT2D eigenvalue weighted by Gasteiger charge is 2.19. The van der Waals surface area contributed by atoms with Crippen LogP contribution >= 0.6 is 0 Å². The summed E-state index contributed by atoms with van der Waals surface area (Å²) >= 11 is 0. The standard InChI is InChI=1S/C27H28N6O4/c1-4-7-24-23(26(36)32(15-25(28)35)27-29-16-30-33(24)27)14-19-10-12-20(13-11-19)22-9-6-5-8-21(22)17(2)31-37-18(3)34/h5-6,8-13,16H,4,7,14-15H2,1-3H3,(H2,28,35)/b31-17+. The average molecular weight is 501 g/mol. The van der Waals surface area contributed by atoms with Gasteiger partial charge in [0.1, 0.15) is 12.9 Å². The molecule has 10 heteroatoms. The molecule has 0 saturated heterocycles. The fraction of sp³-hybridized carbons (Fsp3) is 0.259. The number of carbonyl (C=O) groups is 2. The van der Waals surface area contributed by atoms with Crippen molar-refractivity contribution in [1.82, 2.24) is 19.2 Å². The molecule has 2 aromatic carbocycles. The molecule has 2 heterocycles. The Bertz CT molecular complexity index is 1550. The lowest BCUT2D eigenvalue weighted by atomic mass is 9.95. The van der Waals surface area contributed by atoms with Crippen LogP contribution < -0.4 is 11.3 Å². The number of aryl methyl sites for hydroxylation is 1. The number of benzene rings is 2. The van der Waals surface area contributed by atoms with E-state index in [-0.39, 0.29) is 12.1 Å². The topological polar surface area (TPSA) is 134 Å². The van der Waals surface area contributed by atoms with E-state index >= 15 is 0 Å². The number of primary amides is 1. The lowest BCUT2D eigenvalue weighted by Crippen LogP contribution is -2.33. The predicted molar refractivity (Wildman–Crippen MR) is 139 cm³/mol. The van der Waals surface area contributed by atoms with Gasteiger partial charge in [0.25, 0.3) is 5.56 Å². The van der Waals surface area contributed by atoms with Gasteiger partial charge in [0, 0.05) is 24.5 Å². The second kappa shape index (κ2) is 11.0. The van der Waals surface area contributed by atoms with Crippen molar-refractivity contribution in [2.75, 3.05) is 0 Å². The molecule has 2 N–H and O–H groups in total. The molecule has 0 unspecified atom stereocenters. The highest BCUT2D eigenvalue weighted by molar-refractivity contribution is 6.04. The van der Waals surface area contributed by atoms with E-state index in [2.05, 4.69) is 15.2 Å². The van der Waals surface area contributed by atoms with E-state index in [0.29, 0.717) is 29.9 Å². The number of amides is 1. The molecule has 4 aromatic rings. The number of hydrogen-bond donors (Lipinski definition) is 1. The molecule has 190 valence electrons. The summed E-state index contributed by atoms with van der Waals surface area (Å²) in [6.07, 6.45) is 3.17. The Morgan fingerprint density at radius 3 is 2.49 bits per heavy atom. The fourth-order valence-electron chi connectivity index (χ4n) is 4.32. The minimum absolute atomic E-state index is 0.273. The number of nitrogens with zero attached hydrogens (tertiary/aromatic N) is 5. The summed E-state index contributed by atoms with van der Waals surface area (Å²) in [5, 5.41) is 8.23. The van der Waals surface area contributed by atoms with Crippen molar-refractivity contribution in [2.24, 2.45) is 10.9 Å². The van der Waals surface area contributed by atoms with Gasteiger partial charge in [-0.3, -0.25) is 14.2 Å². The average Bonchev–Trinajstić information content (AvgIpc) is 3.37. The van der Waals surface area contributed by atoms with Gasteiger partial charge in [0.2, 0.25) is 11.7 Å². The van der Waals surface area contributed by atoms with Gasteiger partial charge < -0.3 is 10.6 Å². The van der Waals surface area contributed by atoms with E-state index < -0.39 is 11.9 Å². The monoisotopic (exact) mass is 500 g/mol.